The van der Waals surface area contributed by atoms with Crippen LogP contribution < -0.4 is 4.90 Å². The summed E-state index contributed by atoms with van der Waals surface area (Å²) in [5.74, 6) is -0.826. The minimum atomic E-state index is -5.21. The molecule has 0 bridgehead atoms. The Kier molecular flexibility index (Phi) is 11.9. The van der Waals surface area contributed by atoms with Gasteiger partial charge in [0.15, 0.2) is 0 Å². The van der Waals surface area contributed by atoms with E-state index in [1.807, 2.05) is 36.4 Å². The Balaban J connectivity index is 1.29. The smallest absolute Gasteiger partial charge is 0.308 e. The molecule has 0 saturated heterocycles. The van der Waals surface area contributed by atoms with Crippen LogP contribution in [0.25, 0.3) is 72.0 Å². The highest BCUT2D eigenvalue weighted by molar-refractivity contribution is 6.20. The molecule has 0 aliphatic heterocycles. The highest BCUT2D eigenvalue weighted by Crippen LogP contribution is 2.44. The number of hydrogen-bond donors (Lipinski definition) is 0. The van der Waals surface area contributed by atoms with E-state index >= 15 is 4.79 Å². The van der Waals surface area contributed by atoms with Gasteiger partial charge in [-0.15, -0.1) is 0 Å². The van der Waals surface area contributed by atoms with Gasteiger partial charge in [-0.2, -0.15) is 52.7 Å². The van der Waals surface area contributed by atoms with Crippen LogP contribution in [-0.4, -0.2) is 16.9 Å². The summed E-state index contributed by atoms with van der Waals surface area (Å²) in [5, 5.41) is 0.145. The van der Waals surface area contributed by atoms with E-state index in [4.69, 9.17) is 0 Å². The molecular formula is C55H32F12N2O2. The van der Waals surface area contributed by atoms with Crippen LogP contribution in [0.3, 0.4) is 0 Å². The second-order valence-electron chi connectivity index (χ2n) is 16.6. The number of aromatic nitrogens is 1. The van der Waals surface area contributed by atoms with Crippen molar-refractivity contribution in [1.29, 1.82) is 0 Å². The van der Waals surface area contributed by atoms with Crippen molar-refractivity contribution in [3.8, 4) is 50.2 Å². The normalized spacial score (nSPS) is 12.4. The van der Waals surface area contributed by atoms with Crippen molar-refractivity contribution in [2.75, 3.05) is 4.90 Å². The molecule has 1 aromatic heterocycles. The zero-order chi connectivity index (χ0) is 50.8. The fourth-order valence-electron chi connectivity index (χ4n) is 8.74. The number of halogens is 12. The van der Waals surface area contributed by atoms with E-state index < -0.39 is 64.0 Å². The van der Waals surface area contributed by atoms with Crippen LogP contribution in [0.2, 0.25) is 0 Å². The highest BCUT2D eigenvalue weighted by atomic mass is 19.4. The quantitative estimate of drug-likeness (QED) is 0.112. The summed E-state index contributed by atoms with van der Waals surface area (Å²) in [4.78, 5) is 29.4. The maximum atomic E-state index is 15.2. The molecule has 4 nitrogen and oxygen atoms in total. The van der Waals surface area contributed by atoms with E-state index in [9.17, 15) is 57.5 Å². The van der Waals surface area contributed by atoms with Gasteiger partial charge in [0, 0.05) is 16.3 Å². The van der Waals surface area contributed by atoms with Gasteiger partial charge in [0.2, 0.25) is 6.41 Å². The van der Waals surface area contributed by atoms with Gasteiger partial charge in [-0.05, 0) is 130 Å². The molecule has 0 aliphatic carbocycles. The van der Waals surface area contributed by atoms with Gasteiger partial charge in [0.25, 0.3) is 5.91 Å². The Bertz CT molecular complexity index is 3340. The summed E-state index contributed by atoms with van der Waals surface area (Å²) in [6.07, 6.45) is -20.5. The maximum Gasteiger partial charge on any atom is 0.416 e. The van der Waals surface area contributed by atoms with Crippen molar-refractivity contribution < 1.29 is 62.3 Å². The van der Waals surface area contributed by atoms with Crippen molar-refractivity contribution >= 4 is 39.8 Å². The second-order valence-corrected chi connectivity index (χ2v) is 16.6. The number of imide groups is 1. The van der Waals surface area contributed by atoms with Crippen LogP contribution in [0.5, 0.6) is 0 Å². The predicted octanol–water partition coefficient (Wildman–Crippen LogP) is 16.6. The number of carbonyl (C=O) groups excluding carboxylic acids is 2. The largest absolute Gasteiger partial charge is 0.416 e. The van der Waals surface area contributed by atoms with Crippen LogP contribution >= 0.6 is 0 Å². The number of nitrogens with zero attached hydrogens (tertiary/aromatic N) is 2. The first kappa shape index (κ1) is 47.9. The Labute approximate surface area is 395 Å². The van der Waals surface area contributed by atoms with E-state index in [-0.39, 0.29) is 62.0 Å². The van der Waals surface area contributed by atoms with Crippen LogP contribution in [0.1, 0.15) is 38.2 Å². The second kappa shape index (κ2) is 17.7. The van der Waals surface area contributed by atoms with Gasteiger partial charge in [0.05, 0.1) is 50.2 Å². The van der Waals surface area contributed by atoms with Crippen LogP contribution in [0.4, 0.5) is 58.4 Å². The van der Waals surface area contributed by atoms with Gasteiger partial charge in [0.1, 0.15) is 0 Å². The van der Waals surface area contributed by atoms with Gasteiger partial charge in [-0.3, -0.25) is 9.59 Å². The molecular weight excluding hydrogens is 949 g/mol. The minimum absolute atomic E-state index is 0.0379. The number of amides is 2. The summed E-state index contributed by atoms with van der Waals surface area (Å²) in [7, 11) is 0. The van der Waals surface area contributed by atoms with Crippen molar-refractivity contribution in [3.63, 3.8) is 0 Å². The molecule has 0 spiro atoms. The lowest BCUT2D eigenvalue weighted by molar-refractivity contribution is -0.144. The van der Waals surface area contributed by atoms with E-state index in [0.717, 1.165) is 16.0 Å². The first-order valence-corrected chi connectivity index (χ1v) is 21.3. The highest BCUT2D eigenvalue weighted by Gasteiger charge is 2.39. The molecule has 0 N–H and O–H groups in total. The van der Waals surface area contributed by atoms with Crippen LogP contribution in [-0.2, 0) is 29.5 Å². The van der Waals surface area contributed by atoms with Gasteiger partial charge in [-0.25, -0.2) is 4.90 Å². The van der Waals surface area contributed by atoms with E-state index in [2.05, 4.69) is 0 Å². The number of anilines is 1. The third-order valence-electron chi connectivity index (χ3n) is 12.1. The number of carbonyl (C=O) groups is 2. The SMILES string of the molecule is Cc1cccc(-n2c3ccc(-c4cc(C(F)(F)F)cc(C(F)(F)F)c4)cc3c3cc(-c4cc(C(F)(F)F)cc(C(F)(F)F)c4)ccc32)c1C(=O)N(C=O)c1ccc(-c2ccccc2)cc1-c1ccccc1. The van der Waals surface area contributed by atoms with Crippen molar-refractivity contribution in [3.05, 3.63) is 203 Å². The molecule has 1 heterocycles. The first-order chi connectivity index (χ1) is 33.5. The van der Waals surface area contributed by atoms with Crippen LogP contribution in [0, 0.1) is 6.92 Å². The first-order valence-electron chi connectivity index (χ1n) is 21.3. The summed E-state index contributed by atoms with van der Waals surface area (Å²) < 4.78 is 170. The Morgan fingerprint density at radius 1 is 0.437 bits per heavy atom. The molecule has 2 amide bonds. The topological polar surface area (TPSA) is 42.3 Å². The number of benzene rings is 8. The van der Waals surface area contributed by atoms with Gasteiger partial charge < -0.3 is 4.57 Å². The number of hydrogen-bond acceptors (Lipinski definition) is 2. The molecule has 0 radical (unpaired) electrons. The van der Waals surface area contributed by atoms with Crippen LogP contribution in [0.15, 0.2) is 170 Å². The lowest BCUT2D eigenvalue weighted by Crippen LogP contribution is -2.31. The molecule has 0 aliphatic rings. The van der Waals surface area contributed by atoms with Gasteiger partial charge >= 0.3 is 24.7 Å². The standard InChI is InChI=1S/C55H32F12N2O2/c1-31-9-8-14-49(50(31)51(71)68(30-70)46-18-15-34(32-10-4-2-5-11-32)25-43(46)33-12-6-3-7-13-33)69-47-19-16-35(37-21-39(52(56,57)58)28-40(22-37)53(59,60)61)26-44(47)45-27-36(17-20-48(45)69)38-23-41(54(62,63)64)29-42(24-38)55(65,66)67/h2-30H,1H3. The summed E-state index contributed by atoms with van der Waals surface area (Å²) in [6, 6.07) is 37.9. The maximum absolute atomic E-state index is 15.2. The molecule has 0 saturated carbocycles. The van der Waals surface area contributed by atoms with Crippen molar-refractivity contribution in [1.82, 2.24) is 4.57 Å². The average Bonchev–Trinajstić information content (AvgIpc) is 3.66. The lowest BCUT2D eigenvalue weighted by Gasteiger charge is -2.23. The lowest BCUT2D eigenvalue weighted by atomic mass is 9.96. The fourth-order valence-corrected chi connectivity index (χ4v) is 8.74. The predicted molar refractivity (Wildman–Crippen MR) is 247 cm³/mol. The molecule has 0 fully saturated rings. The molecule has 0 unspecified atom stereocenters. The van der Waals surface area contributed by atoms with Crippen molar-refractivity contribution in [2.45, 2.75) is 31.6 Å². The zero-order valence-corrected chi connectivity index (χ0v) is 36.5. The van der Waals surface area contributed by atoms with Gasteiger partial charge in [-0.1, -0.05) is 91.0 Å². The van der Waals surface area contributed by atoms with E-state index in [1.165, 1.54) is 47.0 Å². The molecule has 71 heavy (non-hydrogen) atoms. The zero-order valence-electron chi connectivity index (χ0n) is 36.5. The number of fused-ring (bicyclic) bond motifs is 3. The monoisotopic (exact) mass is 980 g/mol. The molecule has 8 aromatic carbocycles. The molecule has 358 valence electrons. The van der Waals surface area contributed by atoms with Crippen molar-refractivity contribution in [2.24, 2.45) is 0 Å². The summed E-state index contributed by atoms with van der Waals surface area (Å²) in [6.45, 7) is 1.60. The third-order valence-corrected chi connectivity index (χ3v) is 12.1. The summed E-state index contributed by atoms with van der Waals surface area (Å²) >= 11 is 0. The minimum Gasteiger partial charge on any atom is -0.308 e. The Morgan fingerprint density at radius 2 is 0.859 bits per heavy atom. The van der Waals surface area contributed by atoms with E-state index in [0.29, 0.717) is 47.4 Å². The Hall–Kier alpha value is -8.14. The fraction of sp³-hybridized carbons (Fsp3) is 0.0909. The Morgan fingerprint density at radius 3 is 1.30 bits per heavy atom. The number of alkyl halides is 12. The molecule has 16 heteroatoms. The number of rotatable bonds is 8. The summed E-state index contributed by atoms with van der Waals surface area (Å²) in [5.41, 5.74) is -4.07. The third kappa shape index (κ3) is 9.24. The molecule has 0 atom stereocenters. The molecule has 9 aromatic rings. The molecule has 9 rings (SSSR count). The average molecular weight is 981 g/mol. The van der Waals surface area contributed by atoms with E-state index in [1.54, 1.807) is 61.5 Å². The number of aryl methyl sites for hydroxylation is 1.